The number of halogens is 2. The highest BCUT2D eigenvalue weighted by molar-refractivity contribution is 6.35. The molecule has 0 atom stereocenters. The van der Waals surface area contributed by atoms with E-state index in [-0.39, 0.29) is 17.2 Å². The first kappa shape index (κ1) is 15.1. The quantitative estimate of drug-likeness (QED) is 0.918. The van der Waals surface area contributed by atoms with Crippen molar-refractivity contribution in [2.75, 3.05) is 19.8 Å². The van der Waals surface area contributed by atoms with Gasteiger partial charge in [-0.1, -0.05) is 29.3 Å². The lowest BCUT2D eigenvalue weighted by Crippen LogP contribution is -2.45. The number of carbonyl (C=O) groups is 1. The second kappa shape index (κ2) is 6.15. The van der Waals surface area contributed by atoms with Crippen LogP contribution in [0.15, 0.2) is 18.2 Å². The minimum absolute atomic E-state index is 0.148. The largest absolute Gasteiger partial charge is 0.381 e. The Kier molecular flexibility index (Phi) is 4.43. The highest BCUT2D eigenvalue weighted by Crippen LogP contribution is 2.39. The summed E-state index contributed by atoms with van der Waals surface area (Å²) >= 11 is 12.4. The van der Waals surface area contributed by atoms with Gasteiger partial charge in [0.15, 0.2) is 0 Å². The molecule has 0 unspecified atom stereocenters. The van der Waals surface area contributed by atoms with Crippen LogP contribution in [0, 0.1) is 5.92 Å². The van der Waals surface area contributed by atoms with Gasteiger partial charge < -0.3 is 10.1 Å². The summed E-state index contributed by atoms with van der Waals surface area (Å²) in [5.74, 6) is 0.397. The molecule has 1 aromatic rings. The van der Waals surface area contributed by atoms with E-state index in [0.29, 0.717) is 29.8 Å². The van der Waals surface area contributed by atoms with Crippen LogP contribution in [0.4, 0.5) is 0 Å². The number of amides is 1. The SMILES string of the molecule is O=C(NCC1(c2ccc(Cl)cc2Cl)CCOCC1)C1CC1. The molecule has 0 spiro atoms. The molecule has 3 rings (SSSR count). The van der Waals surface area contributed by atoms with Crippen LogP contribution < -0.4 is 5.32 Å². The molecule has 1 aliphatic carbocycles. The molecule has 1 saturated carbocycles. The van der Waals surface area contributed by atoms with E-state index in [1.807, 2.05) is 12.1 Å². The second-order valence-electron chi connectivity index (χ2n) is 6.01. The summed E-state index contributed by atoms with van der Waals surface area (Å²) in [6.45, 7) is 2.00. The highest BCUT2D eigenvalue weighted by Gasteiger charge is 2.38. The van der Waals surface area contributed by atoms with E-state index < -0.39 is 0 Å². The van der Waals surface area contributed by atoms with E-state index in [9.17, 15) is 4.79 Å². The van der Waals surface area contributed by atoms with Gasteiger partial charge in [0.25, 0.3) is 0 Å². The number of hydrogen-bond donors (Lipinski definition) is 1. The summed E-state index contributed by atoms with van der Waals surface area (Å²) in [4.78, 5) is 12.0. The van der Waals surface area contributed by atoms with Crippen LogP contribution >= 0.6 is 23.2 Å². The predicted octanol–water partition coefficient (Wildman–Crippen LogP) is 3.57. The monoisotopic (exact) mass is 327 g/mol. The van der Waals surface area contributed by atoms with Gasteiger partial charge in [-0.3, -0.25) is 4.79 Å². The normalized spacial score (nSPS) is 21.0. The molecule has 1 saturated heterocycles. The van der Waals surface area contributed by atoms with Crippen molar-refractivity contribution in [3.05, 3.63) is 33.8 Å². The van der Waals surface area contributed by atoms with E-state index in [4.69, 9.17) is 27.9 Å². The molecule has 1 heterocycles. The Morgan fingerprint density at radius 3 is 2.62 bits per heavy atom. The Labute approximate surface area is 135 Å². The standard InChI is InChI=1S/C16H19Cl2NO2/c17-12-3-4-13(14(18)9-12)16(5-7-21-8-6-16)10-19-15(20)11-1-2-11/h3-4,9,11H,1-2,5-8,10H2,(H,19,20). The van der Waals surface area contributed by atoms with Crippen molar-refractivity contribution in [2.45, 2.75) is 31.1 Å². The van der Waals surface area contributed by atoms with Gasteiger partial charge in [0, 0.05) is 41.1 Å². The molecule has 2 aliphatic rings. The molecule has 0 aromatic heterocycles. The van der Waals surface area contributed by atoms with Gasteiger partial charge in [0.2, 0.25) is 5.91 Å². The van der Waals surface area contributed by atoms with Crippen molar-refractivity contribution in [3.63, 3.8) is 0 Å². The molecule has 1 N–H and O–H groups in total. The molecule has 0 bridgehead atoms. The van der Waals surface area contributed by atoms with E-state index >= 15 is 0 Å². The maximum Gasteiger partial charge on any atom is 0.223 e. The summed E-state index contributed by atoms with van der Waals surface area (Å²) < 4.78 is 5.49. The lowest BCUT2D eigenvalue weighted by Gasteiger charge is -2.38. The molecular formula is C16H19Cl2NO2. The predicted molar refractivity (Wildman–Crippen MR) is 83.9 cm³/mol. The van der Waals surface area contributed by atoms with Crippen molar-refractivity contribution in [1.29, 1.82) is 0 Å². The van der Waals surface area contributed by atoms with Crippen LogP contribution in [0.2, 0.25) is 10.0 Å². The van der Waals surface area contributed by atoms with Gasteiger partial charge in [0.1, 0.15) is 0 Å². The van der Waals surface area contributed by atoms with Crippen molar-refractivity contribution in [1.82, 2.24) is 5.32 Å². The van der Waals surface area contributed by atoms with Gasteiger partial charge >= 0.3 is 0 Å². The summed E-state index contributed by atoms with van der Waals surface area (Å²) in [6.07, 6.45) is 3.76. The number of benzene rings is 1. The highest BCUT2D eigenvalue weighted by atomic mass is 35.5. The Bertz CT molecular complexity index is 537. The zero-order valence-corrected chi connectivity index (χ0v) is 13.3. The second-order valence-corrected chi connectivity index (χ2v) is 6.85. The third-order valence-corrected chi connectivity index (χ3v) is 5.05. The molecule has 1 aliphatic heterocycles. The van der Waals surface area contributed by atoms with Gasteiger partial charge in [-0.25, -0.2) is 0 Å². The van der Waals surface area contributed by atoms with Crippen molar-refractivity contribution >= 4 is 29.1 Å². The Morgan fingerprint density at radius 1 is 1.29 bits per heavy atom. The van der Waals surface area contributed by atoms with Gasteiger partial charge in [-0.05, 0) is 43.4 Å². The molecular weight excluding hydrogens is 309 g/mol. The summed E-state index contributed by atoms with van der Waals surface area (Å²) in [5.41, 5.74) is 0.915. The lowest BCUT2D eigenvalue weighted by molar-refractivity contribution is -0.122. The number of nitrogens with one attached hydrogen (secondary N) is 1. The Hall–Kier alpha value is -0.770. The van der Waals surface area contributed by atoms with E-state index in [1.165, 1.54) is 0 Å². The van der Waals surface area contributed by atoms with E-state index in [1.54, 1.807) is 6.07 Å². The summed E-state index contributed by atoms with van der Waals surface area (Å²) in [6, 6.07) is 5.63. The molecule has 5 heteroatoms. The van der Waals surface area contributed by atoms with Gasteiger partial charge in [0.05, 0.1) is 0 Å². The average molecular weight is 328 g/mol. The van der Waals surface area contributed by atoms with Gasteiger partial charge in [-0.15, -0.1) is 0 Å². The third kappa shape index (κ3) is 3.36. The third-order valence-electron chi connectivity index (χ3n) is 4.50. The minimum Gasteiger partial charge on any atom is -0.381 e. The lowest BCUT2D eigenvalue weighted by atomic mass is 9.74. The molecule has 3 nitrogen and oxygen atoms in total. The molecule has 0 radical (unpaired) electrons. The van der Waals surface area contributed by atoms with Crippen LogP contribution in [-0.2, 0) is 14.9 Å². The fourth-order valence-electron chi connectivity index (χ4n) is 2.97. The maximum atomic E-state index is 12.0. The van der Waals surface area contributed by atoms with E-state index in [2.05, 4.69) is 5.32 Å². The molecule has 1 amide bonds. The average Bonchev–Trinajstić information content (AvgIpc) is 3.30. The zero-order chi connectivity index (χ0) is 14.9. The van der Waals surface area contributed by atoms with Crippen LogP contribution in [0.5, 0.6) is 0 Å². The summed E-state index contributed by atoms with van der Waals surface area (Å²) in [7, 11) is 0. The number of hydrogen-bond acceptors (Lipinski definition) is 2. The van der Waals surface area contributed by atoms with Crippen molar-refractivity contribution in [2.24, 2.45) is 5.92 Å². The van der Waals surface area contributed by atoms with Crippen LogP contribution in [0.3, 0.4) is 0 Å². The van der Waals surface area contributed by atoms with Crippen molar-refractivity contribution in [3.8, 4) is 0 Å². The Morgan fingerprint density at radius 2 is 2.00 bits per heavy atom. The summed E-state index contributed by atoms with van der Waals surface area (Å²) in [5, 5.41) is 4.41. The number of rotatable bonds is 4. The zero-order valence-electron chi connectivity index (χ0n) is 11.8. The molecule has 21 heavy (non-hydrogen) atoms. The topological polar surface area (TPSA) is 38.3 Å². The van der Waals surface area contributed by atoms with Crippen LogP contribution in [0.25, 0.3) is 0 Å². The first-order valence-corrected chi connectivity index (χ1v) is 8.17. The smallest absolute Gasteiger partial charge is 0.223 e. The van der Waals surface area contributed by atoms with Gasteiger partial charge in [-0.2, -0.15) is 0 Å². The number of ether oxygens (including phenoxy) is 1. The maximum absolute atomic E-state index is 12.0. The van der Waals surface area contributed by atoms with Crippen LogP contribution in [-0.4, -0.2) is 25.7 Å². The molecule has 114 valence electrons. The van der Waals surface area contributed by atoms with E-state index in [0.717, 1.165) is 31.2 Å². The first-order valence-electron chi connectivity index (χ1n) is 7.42. The van der Waals surface area contributed by atoms with Crippen LogP contribution in [0.1, 0.15) is 31.2 Å². The fourth-order valence-corrected chi connectivity index (χ4v) is 3.58. The molecule has 1 aromatic carbocycles. The van der Waals surface area contributed by atoms with Crippen molar-refractivity contribution < 1.29 is 9.53 Å². The number of carbonyl (C=O) groups excluding carboxylic acids is 1. The Balaban J connectivity index is 1.82. The first-order chi connectivity index (χ1) is 10.1. The molecule has 2 fully saturated rings. The fraction of sp³-hybridized carbons (Fsp3) is 0.562. The minimum atomic E-state index is -0.148.